The number of phenols is 3. The summed E-state index contributed by atoms with van der Waals surface area (Å²) in [6, 6.07) is 13.5. The van der Waals surface area contributed by atoms with Crippen LogP contribution in [0.4, 0.5) is 0 Å². The van der Waals surface area contributed by atoms with Gasteiger partial charge in [-0.3, -0.25) is 9.59 Å². The van der Waals surface area contributed by atoms with Gasteiger partial charge in [0.15, 0.2) is 11.5 Å². The largest absolute Gasteiger partial charge is 0.508 e. The number of rotatable bonds is 6. The van der Waals surface area contributed by atoms with E-state index >= 15 is 0 Å². The second-order valence-electron chi connectivity index (χ2n) is 7.66. The molecule has 0 aliphatic carbocycles. The van der Waals surface area contributed by atoms with Gasteiger partial charge < -0.3 is 29.2 Å². The number of aromatic hydroxyl groups is 3. The maximum absolute atomic E-state index is 13.3. The molecule has 174 valence electrons. The Labute approximate surface area is 194 Å². The highest BCUT2D eigenvalue weighted by molar-refractivity contribution is 5.87. The van der Waals surface area contributed by atoms with Crippen molar-refractivity contribution in [1.29, 1.82) is 0 Å². The Morgan fingerprint density at radius 2 is 1.71 bits per heavy atom. The Hall–Kier alpha value is -4.46. The van der Waals surface area contributed by atoms with E-state index in [1.165, 1.54) is 56.9 Å². The third kappa shape index (κ3) is 4.13. The number of phenolic OH excluding ortho intramolecular Hbond substituents is 3. The van der Waals surface area contributed by atoms with E-state index in [0.717, 1.165) is 0 Å². The lowest BCUT2D eigenvalue weighted by atomic mass is 9.86. The van der Waals surface area contributed by atoms with Gasteiger partial charge in [0, 0.05) is 11.5 Å². The molecule has 1 atom stereocenters. The lowest BCUT2D eigenvalue weighted by Crippen LogP contribution is -2.12. The summed E-state index contributed by atoms with van der Waals surface area (Å²) in [4.78, 5) is 25.6. The Kier molecular flexibility index (Phi) is 6.14. The van der Waals surface area contributed by atoms with Gasteiger partial charge in [-0.25, -0.2) is 0 Å². The summed E-state index contributed by atoms with van der Waals surface area (Å²) < 4.78 is 15.8. The monoisotopic (exact) mass is 462 g/mol. The normalized spacial score (nSPS) is 11.8. The second kappa shape index (κ2) is 9.19. The first-order chi connectivity index (χ1) is 16.3. The Morgan fingerprint density at radius 1 is 0.971 bits per heavy atom. The molecule has 4 rings (SSSR count). The van der Waals surface area contributed by atoms with Gasteiger partial charge in [-0.05, 0) is 47.5 Å². The number of esters is 1. The van der Waals surface area contributed by atoms with Crippen molar-refractivity contribution in [3.05, 3.63) is 82.2 Å². The number of carbonyl (C=O) groups is 1. The summed E-state index contributed by atoms with van der Waals surface area (Å²) in [5, 5.41) is 30.8. The molecule has 1 aromatic heterocycles. The molecule has 0 radical (unpaired) electrons. The highest BCUT2D eigenvalue weighted by Gasteiger charge is 2.27. The van der Waals surface area contributed by atoms with E-state index in [-0.39, 0.29) is 56.9 Å². The fourth-order valence-corrected chi connectivity index (χ4v) is 3.95. The molecular weight excluding hydrogens is 440 g/mol. The van der Waals surface area contributed by atoms with Crippen LogP contribution >= 0.6 is 0 Å². The fourth-order valence-electron chi connectivity index (χ4n) is 3.95. The molecule has 0 unspecified atom stereocenters. The zero-order chi connectivity index (χ0) is 24.4. The Balaban J connectivity index is 1.93. The van der Waals surface area contributed by atoms with E-state index in [0.29, 0.717) is 11.1 Å². The van der Waals surface area contributed by atoms with E-state index in [2.05, 4.69) is 0 Å². The standard InChI is InChI=1S/C26H22O8/c1-32-22-10-5-15(11-21(22)29)18(12-23(30)33-2)24-20(28)9-8-17-25(31)19(13-34-26(17)24)14-3-6-16(27)7-4-14/h3-11,13,18,27-29H,12H2,1-2H3/t18-/m1/s1. The molecule has 1 heterocycles. The molecule has 0 aliphatic rings. The minimum absolute atomic E-state index is 0.0644. The van der Waals surface area contributed by atoms with Crippen molar-refractivity contribution >= 4 is 16.9 Å². The average molecular weight is 462 g/mol. The van der Waals surface area contributed by atoms with Gasteiger partial charge in [0.1, 0.15) is 23.3 Å². The van der Waals surface area contributed by atoms with Gasteiger partial charge in [-0.2, -0.15) is 0 Å². The predicted octanol–water partition coefficient (Wildman–Crippen LogP) is 4.28. The quantitative estimate of drug-likeness (QED) is 0.363. The minimum atomic E-state index is -0.796. The maximum atomic E-state index is 13.3. The summed E-state index contributed by atoms with van der Waals surface area (Å²) in [5.41, 5.74) is 1.28. The summed E-state index contributed by atoms with van der Waals surface area (Å²) >= 11 is 0. The van der Waals surface area contributed by atoms with E-state index in [4.69, 9.17) is 13.9 Å². The fraction of sp³-hybridized carbons (Fsp3) is 0.154. The molecule has 8 heteroatoms. The van der Waals surface area contributed by atoms with Crippen molar-refractivity contribution < 1.29 is 34.0 Å². The van der Waals surface area contributed by atoms with Gasteiger partial charge in [-0.15, -0.1) is 0 Å². The van der Waals surface area contributed by atoms with Crippen molar-refractivity contribution in [3.63, 3.8) is 0 Å². The number of ether oxygens (including phenoxy) is 2. The molecule has 0 fully saturated rings. The molecule has 3 aromatic carbocycles. The van der Waals surface area contributed by atoms with Gasteiger partial charge >= 0.3 is 5.97 Å². The number of hydrogen-bond acceptors (Lipinski definition) is 8. The molecule has 0 bridgehead atoms. The first-order valence-corrected chi connectivity index (χ1v) is 10.3. The predicted molar refractivity (Wildman–Crippen MR) is 124 cm³/mol. The van der Waals surface area contributed by atoms with Crippen LogP contribution in [0.25, 0.3) is 22.1 Å². The van der Waals surface area contributed by atoms with E-state index in [1.54, 1.807) is 18.2 Å². The maximum Gasteiger partial charge on any atom is 0.306 e. The summed E-state index contributed by atoms with van der Waals surface area (Å²) in [6.07, 6.45) is 1.10. The number of fused-ring (bicyclic) bond motifs is 1. The lowest BCUT2D eigenvalue weighted by Gasteiger charge is -2.20. The van der Waals surface area contributed by atoms with Crippen LogP contribution in [0.3, 0.4) is 0 Å². The van der Waals surface area contributed by atoms with Crippen molar-refractivity contribution in [3.8, 4) is 34.1 Å². The molecule has 0 saturated heterocycles. The van der Waals surface area contributed by atoms with Crippen molar-refractivity contribution in [2.24, 2.45) is 0 Å². The smallest absolute Gasteiger partial charge is 0.306 e. The van der Waals surface area contributed by atoms with Gasteiger partial charge in [0.05, 0.1) is 31.6 Å². The molecule has 0 aliphatic heterocycles. The Bertz CT molecular complexity index is 1420. The van der Waals surface area contributed by atoms with Crippen LogP contribution in [-0.2, 0) is 9.53 Å². The molecule has 3 N–H and O–H groups in total. The van der Waals surface area contributed by atoms with Crippen LogP contribution in [0.5, 0.6) is 23.0 Å². The SMILES string of the molecule is COC(=O)C[C@H](c1ccc(OC)c(O)c1)c1c(O)ccc2c(=O)c(-c3ccc(O)cc3)coc12. The van der Waals surface area contributed by atoms with E-state index in [9.17, 15) is 24.9 Å². The topological polar surface area (TPSA) is 126 Å². The second-order valence-corrected chi connectivity index (χ2v) is 7.66. The molecule has 4 aromatic rings. The zero-order valence-electron chi connectivity index (χ0n) is 18.4. The molecule has 0 saturated carbocycles. The minimum Gasteiger partial charge on any atom is -0.508 e. The van der Waals surface area contributed by atoms with Gasteiger partial charge in [-0.1, -0.05) is 18.2 Å². The molecule has 0 spiro atoms. The highest BCUT2D eigenvalue weighted by atomic mass is 16.5. The van der Waals surface area contributed by atoms with Crippen LogP contribution in [-0.4, -0.2) is 35.5 Å². The van der Waals surface area contributed by atoms with Gasteiger partial charge in [0.2, 0.25) is 5.43 Å². The number of methoxy groups -OCH3 is 2. The summed E-state index contributed by atoms with van der Waals surface area (Å²) in [5.74, 6) is -1.37. The van der Waals surface area contributed by atoms with Crippen LogP contribution in [0.2, 0.25) is 0 Å². The zero-order valence-corrected chi connectivity index (χ0v) is 18.4. The van der Waals surface area contributed by atoms with Crippen LogP contribution < -0.4 is 10.2 Å². The average Bonchev–Trinajstić information content (AvgIpc) is 2.83. The molecular formula is C26H22O8. The van der Waals surface area contributed by atoms with Crippen LogP contribution in [0.1, 0.15) is 23.5 Å². The van der Waals surface area contributed by atoms with E-state index < -0.39 is 11.9 Å². The number of hydrogen-bond donors (Lipinski definition) is 3. The van der Waals surface area contributed by atoms with Crippen molar-refractivity contribution in [1.82, 2.24) is 0 Å². The van der Waals surface area contributed by atoms with Gasteiger partial charge in [0.25, 0.3) is 0 Å². The van der Waals surface area contributed by atoms with Crippen LogP contribution in [0.15, 0.2) is 70.1 Å². The third-order valence-corrected chi connectivity index (χ3v) is 5.69. The summed E-state index contributed by atoms with van der Waals surface area (Å²) in [6.45, 7) is 0. The molecule has 8 nitrogen and oxygen atoms in total. The molecule has 0 amide bonds. The number of benzene rings is 3. The Morgan fingerprint density at radius 3 is 2.35 bits per heavy atom. The first-order valence-electron chi connectivity index (χ1n) is 10.3. The lowest BCUT2D eigenvalue weighted by molar-refractivity contribution is -0.140. The number of carbonyl (C=O) groups excluding carboxylic acids is 1. The highest BCUT2D eigenvalue weighted by Crippen LogP contribution is 2.41. The van der Waals surface area contributed by atoms with E-state index in [1.807, 2.05) is 0 Å². The summed E-state index contributed by atoms with van der Waals surface area (Å²) in [7, 11) is 2.66. The van der Waals surface area contributed by atoms with Crippen molar-refractivity contribution in [2.75, 3.05) is 14.2 Å². The van der Waals surface area contributed by atoms with Crippen molar-refractivity contribution in [2.45, 2.75) is 12.3 Å². The molecule has 34 heavy (non-hydrogen) atoms. The van der Waals surface area contributed by atoms with Crippen LogP contribution in [0, 0.1) is 0 Å². The third-order valence-electron chi connectivity index (χ3n) is 5.69. The first kappa shape index (κ1) is 22.7.